The Kier molecular flexibility index (Phi) is 9.81. The highest BCUT2D eigenvalue weighted by atomic mass is 15.4. The van der Waals surface area contributed by atoms with Crippen LogP contribution in [-0.4, -0.2) is 19.3 Å². The maximum absolute atomic E-state index is 5.21. The minimum atomic E-state index is 0.672. The molecule has 4 heteroatoms. The van der Waals surface area contributed by atoms with Gasteiger partial charge in [0.05, 0.1) is 16.7 Å². The summed E-state index contributed by atoms with van der Waals surface area (Å²) in [6.45, 7) is 0. The highest BCUT2D eigenvalue weighted by molar-refractivity contribution is 6.11. The predicted octanol–water partition coefficient (Wildman–Crippen LogP) is 16.0. The maximum atomic E-state index is 5.21. The summed E-state index contributed by atoms with van der Waals surface area (Å²) in [4.78, 5) is 5.21. The van der Waals surface area contributed by atoms with Crippen LogP contribution in [0.5, 0.6) is 0 Å². The lowest BCUT2D eigenvalue weighted by molar-refractivity contribution is 0.891. The monoisotopic (exact) mass is 842 g/mol. The third-order valence-corrected chi connectivity index (χ3v) is 12.7. The molecule has 0 aliphatic carbocycles. The molecule has 0 N–H and O–H groups in total. The Balaban J connectivity index is 0.918. The van der Waals surface area contributed by atoms with Crippen molar-refractivity contribution < 1.29 is 0 Å². The Morgan fingerprint density at radius 2 is 0.712 bits per heavy atom. The average Bonchev–Trinajstić information content (AvgIpc) is 4.00. The van der Waals surface area contributed by atoms with Crippen molar-refractivity contribution in [2.75, 3.05) is 0 Å². The molecule has 0 aliphatic rings. The van der Waals surface area contributed by atoms with Crippen LogP contribution in [0.4, 0.5) is 0 Å². The lowest BCUT2D eigenvalue weighted by Gasteiger charge is -2.15. The van der Waals surface area contributed by atoms with Gasteiger partial charge in [-0.2, -0.15) is 0 Å². The van der Waals surface area contributed by atoms with Gasteiger partial charge in [-0.1, -0.05) is 212 Å². The van der Waals surface area contributed by atoms with Crippen LogP contribution in [0.2, 0.25) is 0 Å². The van der Waals surface area contributed by atoms with E-state index in [1.165, 1.54) is 55.2 Å². The molecule has 4 nitrogen and oxygen atoms in total. The topological polar surface area (TPSA) is 35.6 Å². The third kappa shape index (κ3) is 7.08. The van der Waals surface area contributed by atoms with Crippen molar-refractivity contribution in [3.63, 3.8) is 0 Å². The minimum Gasteiger partial charge on any atom is -0.309 e. The van der Waals surface area contributed by atoms with Crippen molar-refractivity contribution in [3.8, 4) is 89.8 Å². The van der Waals surface area contributed by atoms with Crippen LogP contribution in [0, 0.1) is 0 Å². The van der Waals surface area contributed by atoms with Gasteiger partial charge in [0.15, 0.2) is 11.6 Å². The summed E-state index contributed by atoms with van der Waals surface area (Å²) >= 11 is 0. The first-order valence-corrected chi connectivity index (χ1v) is 22.4. The van der Waals surface area contributed by atoms with Crippen molar-refractivity contribution in [2.45, 2.75) is 0 Å². The van der Waals surface area contributed by atoms with Crippen molar-refractivity contribution in [1.82, 2.24) is 19.3 Å². The molecule has 12 aromatic rings. The summed E-state index contributed by atoms with van der Waals surface area (Å²) in [6, 6.07) is 90.6. The fourth-order valence-corrected chi connectivity index (χ4v) is 9.40. The number of hydrogen-bond acceptors (Lipinski definition) is 2. The first-order valence-electron chi connectivity index (χ1n) is 22.4. The number of para-hydroxylation sites is 2. The number of rotatable bonds is 9. The van der Waals surface area contributed by atoms with E-state index in [4.69, 9.17) is 10.1 Å². The van der Waals surface area contributed by atoms with E-state index in [1.807, 2.05) is 16.8 Å². The van der Waals surface area contributed by atoms with Crippen molar-refractivity contribution in [2.24, 2.45) is 0 Å². The molecular weight excluding hydrogens is 801 g/mol. The molecule has 0 atom stereocenters. The van der Waals surface area contributed by atoms with Crippen LogP contribution in [-0.2, 0) is 0 Å². The lowest BCUT2D eigenvalue weighted by atomic mass is 9.89. The molecule has 0 saturated carbocycles. The highest BCUT2D eigenvalue weighted by Gasteiger charge is 2.19. The number of fused-ring (bicyclic) bond motifs is 3. The van der Waals surface area contributed by atoms with Crippen LogP contribution in [0.3, 0.4) is 0 Å². The summed E-state index contributed by atoms with van der Waals surface area (Å²) in [5.41, 5.74) is 18.1. The fraction of sp³-hybridized carbons (Fsp3) is 0. The summed E-state index contributed by atoms with van der Waals surface area (Å²) in [6.07, 6.45) is 0. The summed E-state index contributed by atoms with van der Waals surface area (Å²) < 4.78 is 4.35. The molecule has 0 saturated heterocycles. The second kappa shape index (κ2) is 16.7. The standard InChI is InChI=1S/C62H42N4/c1-4-16-43(17-5-1)45-28-32-48(33-29-45)61-63-62(49-34-30-46(31-35-49)44-18-6-2-7-19-44)66(64-61)52-39-36-47(37-40-52)53-22-10-12-24-55(53)56-25-13-11-23-54(56)50-38-41-60-58(42-50)57-26-14-15-27-59(57)65(60)51-20-8-3-9-21-51/h1-42H. The zero-order valence-electron chi connectivity index (χ0n) is 36.0. The van der Waals surface area contributed by atoms with Crippen LogP contribution >= 0.6 is 0 Å². The maximum Gasteiger partial charge on any atom is 0.182 e. The molecule has 0 amide bonds. The van der Waals surface area contributed by atoms with E-state index in [-0.39, 0.29) is 0 Å². The van der Waals surface area contributed by atoms with E-state index in [1.54, 1.807) is 0 Å². The predicted molar refractivity (Wildman–Crippen MR) is 274 cm³/mol. The van der Waals surface area contributed by atoms with E-state index >= 15 is 0 Å². The Bertz CT molecular complexity index is 3640. The summed E-state index contributed by atoms with van der Waals surface area (Å²) in [5.74, 6) is 1.45. The van der Waals surface area contributed by atoms with Gasteiger partial charge in [0.25, 0.3) is 0 Å². The number of nitrogens with zero attached hydrogens (tertiary/aromatic N) is 4. The van der Waals surface area contributed by atoms with Crippen LogP contribution in [0.25, 0.3) is 112 Å². The zero-order chi connectivity index (χ0) is 43.8. The molecule has 2 aromatic heterocycles. The second-order valence-corrected chi connectivity index (χ2v) is 16.6. The third-order valence-electron chi connectivity index (χ3n) is 12.7. The summed E-state index contributed by atoms with van der Waals surface area (Å²) in [7, 11) is 0. The number of hydrogen-bond donors (Lipinski definition) is 0. The van der Waals surface area contributed by atoms with Gasteiger partial charge in [-0.3, -0.25) is 0 Å². The van der Waals surface area contributed by atoms with E-state index in [0.29, 0.717) is 5.82 Å². The lowest BCUT2D eigenvalue weighted by Crippen LogP contribution is -2.00. The van der Waals surface area contributed by atoms with Gasteiger partial charge < -0.3 is 4.57 Å². The van der Waals surface area contributed by atoms with Crippen molar-refractivity contribution in [3.05, 3.63) is 255 Å². The van der Waals surface area contributed by atoms with Gasteiger partial charge in [-0.05, 0) is 98.1 Å². The molecule has 12 rings (SSSR count). The Morgan fingerprint density at radius 1 is 0.273 bits per heavy atom. The Morgan fingerprint density at radius 3 is 1.33 bits per heavy atom. The van der Waals surface area contributed by atoms with E-state index in [9.17, 15) is 0 Å². The van der Waals surface area contributed by atoms with E-state index in [2.05, 4.69) is 247 Å². The van der Waals surface area contributed by atoms with Gasteiger partial charge >= 0.3 is 0 Å². The molecule has 0 unspecified atom stereocenters. The molecule has 10 aromatic carbocycles. The molecule has 0 radical (unpaired) electrons. The first-order chi connectivity index (χ1) is 32.7. The molecular formula is C62H42N4. The SMILES string of the molecule is c1ccc(-c2ccc(-c3nc(-c4ccc(-c5ccccc5)cc4)n(-c4ccc(-c5ccccc5-c5ccccc5-c5ccc6c(c5)c5ccccc5n6-c5ccccc5)cc4)n3)cc2)cc1. The second-order valence-electron chi connectivity index (χ2n) is 16.6. The van der Waals surface area contributed by atoms with Crippen LogP contribution in [0.15, 0.2) is 255 Å². The minimum absolute atomic E-state index is 0.672. The van der Waals surface area contributed by atoms with Gasteiger partial charge in [0, 0.05) is 27.6 Å². The average molecular weight is 843 g/mol. The molecule has 0 aliphatic heterocycles. The van der Waals surface area contributed by atoms with Gasteiger partial charge in [-0.15, -0.1) is 5.10 Å². The first kappa shape index (κ1) is 38.8. The van der Waals surface area contributed by atoms with E-state index < -0.39 is 0 Å². The molecule has 0 spiro atoms. The zero-order valence-corrected chi connectivity index (χ0v) is 36.0. The van der Waals surface area contributed by atoms with Crippen LogP contribution < -0.4 is 0 Å². The fourth-order valence-electron chi connectivity index (χ4n) is 9.40. The van der Waals surface area contributed by atoms with Gasteiger partial charge in [-0.25, -0.2) is 9.67 Å². The normalized spacial score (nSPS) is 11.3. The largest absolute Gasteiger partial charge is 0.309 e. The molecule has 310 valence electrons. The van der Waals surface area contributed by atoms with E-state index in [0.717, 1.165) is 50.6 Å². The molecule has 0 bridgehead atoms. The Hall–Kier alpha value is -8.86. The number of aromatic nitrogens is 4. The smallest absolute Gasteiger partial charge is 0.182 e. The van der Waals surface area contributed by atoms with Crippen molar-refractivity contribution in [1.29, 1.82) is 0 Å². The summed E-state index contributed by atoms with van der Waals surface area (Å²) in [5, 5.41) is 7.66. The van der Waals surface area contributed by atoms with Crippen LogP contribution in [0.1, 0.15) is 0 Å². The number of benzene rings is 10. The van der Waals surface area contributed by atoms with Crippen molar-refractivity contribution >= 4 is 21.8 Å². The molecule has 2 heterocycles. The van der Waals surface area contributed by atoms with Gasteiger partial charge in [0.2, 0.25) is 0 Å². The quantitative estimate of drug-likeness (QED) is 0.145. The molecule has 66 heavy (non-hydrogen) atoms. The highest BCUT2D eigenvalue weighted by Crippen LogP contribution is 2.41. The Labute approximate surface area is 384 Å². The molecule has 0 fully saturated rings. The van der Waals surface area contributed by atoms with Gasteiger partial charge in [0.1, 0.15) is 0 Å².